The highest BCUT2D eigenvalue weighted by Crippen LogP contribution is 2.48. The number of hydrogen-bond acceptors (Lipinski definition) is 3. The highest BCUT2D eigenvalue weighted by Gasteiger charge is 2.45. The molecule has 0 aliphatic carbocycles. The van der Waals surface area contributed by atoms with E-state index in [0.717, 1.165) is 11.1 Å². The van der Waals surface area contributed by atoms with Crippen molar-refractivity contribution in [1.29, 1.82) is 0 Å². The molecule has 1 aromatic carbocycles. The number of nitrogens with zero attached hydrogens (tertiary/aromatic N) is 2. The number of nitro groups is 1. The van der Waals surface area contributed by atoms with E-state index >= 15 is 0 Å². The van der Waals surface area contributed by atoms with Crippen molar-refractivity contribution >= 4 is 11.8 Å². The van der Waals surface area contributed by atoms with E-state index in [1.807, 2.05) is 34.6 Å². The smallest absolute Gasteiger partial charge is 0.407 e. The molecular formula is C16H22N2O4. The molecular weight excluding hydrogens is 284 g/mol. The number of carboxylic acid groups (broad SMARTS) is 1. The largest absolute Gasteiger partial charge is 0.465 e. The average Bonchev–Trinajstić information content (AvgIpc) is 2.35. The van der Waals surface area contributed by atoms with Crippen molar-refractivity contribution in [3.8, 4) is 0 Å². The predicted molar refractivity (Wildman–Crippen MR) is 83.0 cm³/mol. The Labute approximate surface area is 129 Å². The molecule has 1 atom stereocenters. The number of benzene rings is 1. The van der Waals surface area contributed by atoms with E-state index in [9.17, 15) is 20.0 Å². The van der Waals surface area contributed by atoms with Crippen LogP contribution in [-0.4, -0.2) is 27.6 Å². The number of non-ortho nitro benzene ring substituents is 1. The molecule has 1 amide bonds. The van der Waals surface area contributed by atoms with Gasteiger partial charge in [-0.25, -0.2) is 4.79 Å². The summed E-state index contributed by atoms with van der Waals surface area (Å²) < 4.78 is 0. The Kier molecular flexibility index (Phi) is 3.67. The maximum Gasteiger partial charge on any atom is 0.407 e. The molecule has 0 fully saturated rings. The summed E-state index contributed by atoms with van der Waals surface area (Å²) >= 11 is 0. The topological polar surface area (TPSA) is 83.7 Å². The van der Waals surface area contributed by atoms with Gasteiger partial charge in [-0.2, -0.15) is 0 Å². The lowest BCUT2D eigenvalue weighted by atomic mass is 9.69. The fourth-order valence-corrected chi connectivity index (χ4v) is 3.39. The molecule has 1 heterocycles. The predicted octanol–water partition coefficient (Wildman–Crippen LogP) is 3.95. The fraction of sp³-hybridized carbons (Fsp3) is 0.562. The summed E-state index contributed by atoms with van der Waals surface area (Å²) in [4.78, 5) is 23.8. The molecule has 1 N–H and O–H groups in total. The van der Waals surface area contributed by atoms with Crippen LogP contribution in [0.1, 0.15) is 51.8 Å². The molecule has 6 nitrogen and oxygen atoms in total. The van der Waals surface area contributed by atoms with Crippen LogP contribution >= 0.6 is 0 Å². The Morgan fingerprint density at radius 2 is 2.00 bits per heavy atom. The molecule has 0 bridgehead atoms. The van der Waals surface area contributed by atoms with Crippen LogP contribution in [0.2, 0.25) is 0 Å². The Bertz CT molecular complexity index is 632. The van der Waals surface area contributed by atoms with Gasteiger partial charge in [0.25, 0.3) is 5.69 Å². The molecule has 0 saturated carbocycles. The zero-order chi connectivity index (χ0) is 16.9. The van der Waals surface area contributed by atoms with E-state index in [4.69, 9.17) is 0 Å². The van der Waals surface area contributed by atoms with Gasteiger partial charge in [0.1, 0.15) is 0 Å². The van der Waals surface area contributed by atoms with Crippen molar-refractivity contribution in [3.63, 3.8) is 0 Å². The molecule has 0 spiro atoms. The summed E-state index contributed by atoms with van der Waals surface area (Å²) in [5.41, 5.74) is 0.968. The quantitative estimate of drug-likeness (QED) is 0.629. The highest BCUT2D eigenvalue weighted by molar-refractivity contribution is 5.68. The van der Waals surface area contributed by atoms with E-state index in [1.165, 1.54) is 17.0 Å². The first-order chi connectivity index (χ1) is 9.95. The van der Waals surface area contributed by atoms with Crippen LogP contribution in [0.3, 0.4) is 0 Å². The van der Waals surface area contributed by atoms with Gasteiger partial charge in [-0.05, 0) is 16.5 Å². The molecule has 1 aliphatic heterocycles. The van der Waals surface area contributed by atoms with Crippen LogP contribution < -0.4 is 0 Å². The first kappa shape index (κ1) is 16.3. The Morgan fingerprint density at radius 3 is 2.45 bits per heavy atom. The number of hydrogen-bond donors (Lipinski definition) is 1. The molecule has 22 heavy (non-hydrogen) atoms. The summed E-state index contributed by atoms with van der Waals surface area (Å²) in [6.45, 7) is 10.2. The average molecular weight is 306 g/mol. The van der Waals surface area contributed by atoms with Crippen LogP contribution in [-0.2, 0) is 5.41 Å². The number of rotatable bonds is 1. The normalized spacial score (nSPS) is 20.4. The Morgan fingerprint density at radius 1 is 1.41 bits per heavy atom. The summed E-state index contributed by atoms with van der Waals surface area (Å²) in [5.74, 6) is 0. The Hall–Kier alpha value is -2.11. The number of fused-ring (bicyclic) bond motifs is 1. The second-order valence-electron chi connectivity index (χ2n) is 7.59. The van der Waals surface area contributed by atoms with Gasteiger partial charge in [-0.15, -0.1) is 0 Å². The Balaban J connectivity index is 2.73. The van der Waals surface area contributed by atoms with E-state index in [1.54, 1.807) is 6.07 Å². The fourth-order valence-electron chi connectivity index (χ4n) is 3.39. The van der Waals surface area contributed by atoms with Gasteiger partial charge in [0.05, 0.1) is 11.0 Å². The minimum atomic E-state index is -0.995. The van der Waals surface area contributed by atoms with E-state index in [2.05, 4.69) is 0 Å². The van der Waals surface area contributed by atoms with Gasteiger partial charge in [-0.1, -0.05) is 40.7 Å². The lowest BCUT2D eigenvalue weighted by Gasteiger charge is -2.48. The lowest BCUT2D eigenvalue weighted by molar-refractivity contribution is -0.385. The molecule has 0 saturated heterocycles. The van der Waals surface area contributed by atoms with Crippen molar-refractivity contribution in [2.45, 2.75) is 46.1 Å². The highest BCUT2D eigenvalue weighted by atomic mass is 16.6. The number of nitro benzene ring substituents is 1. The van der Waals surface area contributed by atoms with E-state index < -0.39 is 17.1 Å². The first-order valence-electron chi connectivity index (χ1n) is 7.23. The van der Waals surface area contributed by atoms with Crippen molar-refractivity contribution in [2.24, 2.45) is 5.41 Å². The van der Waals surface area contributed by atoms with Crippen molar-refractivity contribution in [2.75, 3.05) is 6.54 Å². The minimum Gasteiger partial charge on any atom is -0.465 e. The minimum absolute atomic E-state index is 0.00367. The second-order valence-corrected chi connectivity index (χ2v) is 7.59. The van der Waals surface area contributed by atoms with Crippen molar-refractivity contribution in [1.82, 2.24) is 4.90 Å². The molecule has 1 aliphatic rings. The maximum atomic E-state index is 11.7. The van der Waals surface area contributed by atoms with Gasteiger partial charge < -0.3 is 5.11 Å². The third kappa shape index (κ3) is 2.65. The zero-order valence-electron chi connectivity index (χ0n) is 13.6. The first-order valence-corrected chi connectivity index (χ1v) is 7.23. The molecule has 0 aromatic heterocycles. The van der Waals surface area contributed by atoms with Gasteiger partial charge in [-0.3, -0.25) is 15.0 Å². The summed E-state index contributed by atoms with van der Waals surface area (Å²) in [6.07, 6.45) is -0.995. The lowest BCUT2D eigenvalue weighted by Crippen LogP contribution is -2.51. The summed E-state index contributed by atoms with van der Waals surface area (Å²) in [7, 11) is 0. The van der Waals surface area contributed by atoms with Crippen LogP contribution in [0.4, 0.5) is 10.5 Å². The molecule has 1 unspecified atom stereocenters. The SMILES string of the molecule is CC1(C)CN(C(=O)O)C(C(C)(C)C)c2cc([N+](=O)[O-])ccc21. The second kappa shape index (κ2) is 4.97. The third-order valence-electron chi connectivity index (χ3n) is 4.21. The van der Waals surface area contributed by atoms with Crippen LogP contribution in [0.15, 0.2) is 18.2 Å². The van der Waals surface area contributed by atoms with Gasteiger partial charge >= 0.3 is 6.09 Å². The maximum absolute atomic E-state index is 11.7. The molecule has 120 valence electrons. The van der Waals surface area contributed by atoms with Crippen molar-refractivity contribution in [3.05, 3.63) is 39.4 Å². The standard InChI is InChI=1S/C16H22N2O4/c1-15(2,3)13-11-8-10(18(21)22)6-7-12(11)16(4,5)9-17(13)14(19)20/h6-8,13H,9H2,1-5H3,(H,19,20). The van der Waals surface area contributed by atoms with Gasteiger partial charge in [0.2, 0.25) is 0 Å². The molecule has 1 aromatic rings. The van der Waals surface area contributed by atoms with Crippen LogP contribution in [0.25, 0.3) is 0 Å². The summed E-state index contributed by atoms with van der Waals surface area (Å²) in [6, 6.07) is 4.39. The zero-order valence-corrected chi connectivity index (χ0v) is 13.6. The van der Waals surface area contributed by atoms with Gasteiger partial charge in [0.15, 0.2) is 0 Å². The molecule has 6 heteroatoms. The summed E-state index contributed by atoms with van der Waals surface area (Å²) in [5, 5.41) is 20.7. The molecule has 0 radical (unpaired) electrons. The van der Waals surface area contributed by atoms with E-state index in [0.29, 0.717) is 6.54 Å². The van der Waals surface area contributed by atoms with E-state index in [-0.39, 0.29) is 16.5 Å². The number of carbonyl (C=O) groups is 1. The van der Waals surface area contributed by atoms with Crippen molar-refractivity contribution < 1.29 is 14.8 Å². The molecule has 2 rings (SSSR count). The van der Waals surface area contributed by atoms with Gasteiger partial charge in [0, 0.05) is 24.1 Å². The van der Waals surface area contributed by atoms with Crippen LogP contribution in [0.5, 0.6) is 0 Å². The van der Waals surface area contributed by atoms with Crippen LogP contribution in [0, 0.1) is 15.5 Å². The monoisotopic (exact) mass is 306 g/mol. The third-order valence-corrected chi connectivity index (χ3v) is 4.21. The number of amides is 1.